The van der Waals surface area contributed by atoms with Gasteiger partial charge in [0, 0.05) is 5.25 Å². The standard InChI is InChI=1S/C11H16N4S/c1-8(2)3-10-6-14-11(16-10)15-9-4-12-7-13-5-9/h4-5,7-8,10H,3,6H2,1-2H3,(H,14,15). The van der Waals surface area contributed by atoms with Crippen LogP contribution in [0.5, 0.6) is 0 Å². The number of hydrogen-bond acceptors (Lipinski definition) is 5. The highest BCUT2D eigenvalue weighted by molar-refractivity contribution is 8.15. The van der Waals surface area contributed by atoms with Crippen molar-refractivity contribution in [3.05, 3.63) is 18.7 Å². The van der Waals surface area contributed by atoms with Crippen LogP contribution in [0.1, 0.15) is 20.3 Å². The fourth-order valence-electron chi connectivity index (χ4n) is 1.62. The predicted octanol–water partition coefficient (Wildman–Crippen LogP) is 2.41. The fourth-order valence-corrected chi connectivity index (χ4v) is 2.89. The van der Waals surface area contributed by atoms with E-state index in [4.69, 9.17) is 0 Å². The van der Waals surface area contributed by atoms with E-state index in [0.717, 1.165) is 23.3 Å². The molecule has 0 saturated carbocycles. The van der Waals surface area contributed by atoms with Crippen LogP contribution in [0, 0.1) is 5.92 Å². The van der Waals surface area contributed by atoms with Gasteiger partial charge in [-0.25, -0.2) is 9.97 Å². The number of aliphatic imine (C=N–C) groups is 1. The Labute approximate surface area is 100.0 Å². The van der Waals surface area contributed by atoms with E-state index in [-0.39, 0.29) is 0 Å². The summed E-state index contributed by atoms with van der Waals surface area (Å²) < 4.78 is 0. The SMILES string of the molecule is CC(C)CC1CN=C(Nc2cncnc2)S1. The molecule has 1 aliphatic heterocycles. The molecular formula is C11H16N4S. The van der Waals surface area contributed by atoms with Crippen LogP contribution in [0.15, 0.2) is 23.7 Å². The summed E-state index contributed by atoms with van der Waals surface area (Å²) in [6.45, 7) is 5.41. The number of anilines is 1. The van der Waals surface area contributed by atoms with Gasteiger partial charge in [-0.1, -0.05) is 25.6 Å². The highest BCUT2D eigenvalue weighted by atomic mass is 32.2. The average Bonchev–Trinajstić information content (AvgIpc) is 2.66. The smallest absolute Gasteiger partial charge is 0.161 e. The molecule has 0 saturated heterocycles. The summed E-state index contributed by atoms with van der Waals surface area (Å²) in [5.41, 5.74) is 0.902. The van der Waals surface area contributed by atoms with Gasteiger partial charge < -0.3 is 5.32 Å². The summed E-state index contributed by atoms with van der Waals surface area (Å²) in [6.07, 6.45) is 6.25. The van der Waals surface area contributed by atoms with Crippen LogP contribution in [0.2, 0.25) is 0 Å². The Kier molecular flexibility index (Phi) is 3.77. The lowest BCUT2D eigenvalue weighted by Gasteiger charge is -2.10. The molecular weight excluding hydrogens is 220 g/mol. The zero-order valence-corrected chi connectivity index (χ0v) is 10.4. The lowest BCUT2D eigenvalue weighted by Crippen LogP contribution is -2.09. The van der Waals surface area contributed by atoms with Crippen molar-refractivity contribution in [2.75, 3.05) is 11.9 Å². The van der Waals surface area contributed by atoms with Gasteiger partial charge in [-0.2, -0.15) is 0 Å². The summed E-state index contributed by atoms with van der Waals surface area (Å²) >= 11 is 1.82. The quantitative estimate of drug-likeness (QED) is 0.875. The fraction of sp³-hybridized carbons (Fsp3) is 0.545. The molecule has 1 N–H and O–H groups in total. The van der Waals surface area contributed by atoms with Gasteiger partial charge in [0.2, 0.25) is 0 Å². The zero-order valence-electron chi connectivity index (χ0n) is 9.55. The summed E-state index contributed by atoms with van der Waals surface area (Å²) in [7, 11) is 0. The van der Waals surface area contributed by atoms with E-state index >= 15 is 0 Å². The van der Waals surface area contributed by atoms with E-state index in [1.54, 1.807) is 12.4 Å². The van der Waals surface area contributed by atoms with Gasteiger partial charge in [-0.15, -0.1) is 0 Å². The first-order valence-corrected chi connectivity index (χ1v) is 6.35. The van der Waals surface area contributed by atoms with Gasteiger partial charge in [0.15, 0.2) is 5.17 Å². The Bertz CT molecular complexity index is 364. The molecule has 86 valence electrons. The maximum absolute atomic E-state index is 4.48. The van der Waals surface area contributed by atoms with Gasteiger partial charge in [-0.3, -0.25) is 4.99 Å². The number of rotatable bonds is 3. The maximum atomic E-state index is 4.48. The molecule has 0 bridgehead atoms. The molecule has 1 unspecified atom stereocenters. The second-order valence-corrected chi connectivity index (χ2v) is 5.56. The molecule has 0 aromatic carbocycles. The van der Waals surface area contributed by atoms with Crippen molar-refractivity contribution >= 4 is 22.6 Å². The Balaban J connectivity index is 1.85. The molecule has 1 aromatic rings. The maximum Gasteiger partial charge on any atom is 0.161 e. The summed E-state index contributed by atoms with van der Waals surface area (Å²) in [4.78, 5) is 12.4. The van der Waals surface area contributed by atoms with Crippen LogP contribution < -0.4 is 5.32 Å². The van der Waals surface area contributed by atoms with Gasteiger partial charge >= 0.3 is 0 Å². The summed E-state index contributed by atoms with van der Waals surface area (Å²) in [6, 6.07) is 0. The van der Waals surface area contributed by atoms with Crippen LogP contribution >= 0.6 is 11.8 Å². The van der Waals surface area contributed by atoms with Crippen LogP contribution in [0.4, 0.5) is 5.69 Å². The van der Waals surface area contributed by atoms with E-state index in [1.807, 2.05) is 11.8 Å². The minimum atomic E-state index is 0.618. The number of nitrogens with one attached hydrogen (secondary N) is 1. The molecule has 1 atom stereocenters. The second-order valence-electron chi connectivity index (χ2n) is 4.27. The molecule has 1 aliphatic rings. The highest BCUT2D eigenvalue weighted by Crippen LogP contribution is 2.26. The lowest BCUT2D eigenvalue weighted by molar-refractivity contribution is 0.575. The monoisotopic (exact) mass is 236 g/mol. The largest absolute Gasteiger partial charge is 0.332 e. The van der Waals surface area contributed by atoms with Crippen molar-refractivity contribution < 1.29 is 0 Å². The van der Waals surface area contributed by atoms with Crippen molar-refractivity contribution in [2.24, 2.45) is 10.9 Å². The van der Waals surface area contributed by atoms with Crippen LogP contribution in [-0.4, -0.2) is 26.9 Å². The van der Waals surface area contributed by atoms with E-state index in [1.165, 1.54) is 12.7 Å². The van der Waals surface area contributed by atoms with Gasteiger partial charge in [0.1, 0.15) is 6.33 Å². The van der Waals surface area contributed by atoms with Crippen LogP contribution in [-0.2, 0) is 0 Å². The third kappa shape index (κ3) is 3.20. The van der Waals surface area contributed by atoms with E-state index in [0.29, 0.717) is 5.25 Å². The summed E-state index contributed by atoms with van der Waals surface area (Å²) in [5.74, 6) is 0.729. The van der Waals surface area contributed by atoms with Gasteiger partial charge in [-0.05, 0) is 12.3 Å². The third-order valence-corrected chi connectivity index (χ3v) is 3.39. The molecule has 0 aliphatic carbocycles. The second kappa shape index (κ2) is 5.30. The molecule has 1 aromatic heterocycles. The van der Waals surface area contributed by atoms with Crippen molar-refractivity contribution in [1.29, 1.82) is 0 Å². The topological polar surface area (TPSA) is 50.2 Å². The minimum Gasteiger partial charge on any atom is -0.332 e. The lowest BCUT2D eigenvalue weighted by atomic mass is 10.1. The minimum absolute atomic E-state index is 0.618. The predicted molar refractivity (Wildman–Crippen MR) is 68.8 cm³/mol. The van der Waals surface area contributed by atoms with Crippen molar-refractivity contribution in [3.8, 4) is 0 Å². The molecule has 2 rings (SSSR count). The number of nitrogens with zero attached hydrogens (tertiary/aromatic N) is 3. The number of amidine groups is 1. The molecule has 0 amide bonds. The first-order chi connectivity index (χ1) is 7.74. The first-order valence-electron chi connectivity index (χ1n) is 5.47. The summed E-state index contributed by atoms with van der Waals surface area (Å²) in [5, 5.41) is 4.84. The normalized spacial score (nSPS) is 19.9. The van der Waals surface area contributed by atoms with Crippen molar-refractivity contribution in [1.82, 2.24) is 9.97 Å². The molecule has 5 heteroatoms. The van der Waals surface area contributed by atoms with Crippen LogP contribution in [0.25, 0.3) is 0 Å². The Hall–Kier alpha value is -1.10. The van der Waals surface area contributed by atoms with Crippen molar-refractivity contribution in [2.45, 2.75) is 25.5 Å². The Morgan fingerprint density at radius 1 is 1.44 bits per heavy atom. The molecule has 0 radical (unpaired) electrons. The number of aromatic nitrogens is 2. The molecule has 16 heavy (non-hydrogen) atoms. The molecule has 4 nitrogen and oxygen atoms in total. The molecule has 0 fully saturated rings. The van der Waals surface area contributed by atoms with E-state index < -0.39 is 0 Å². The molecule has 0 spiro atoms. The Morgan fingerprint density at radius 2 is 2.19 bits per heavy atom. The number of thioether (sulfide) groups is 1. The highest BCUT2D eigenvalue weighted by Gasteiger charge is 2.20. The average molecular weight is 236 g/mol. The Morgan fingerprint density at radius 3 is 2.88 bits per heavy atom. The van der Waals surface area contributed by atoms with E-state index in [9.17, 15) is 0 Å². The third-order valence-electron chi connectivity index (χ3n) is 2.26. The van der Waals surface area contributed by atoms with Gasteiger partial charge in [0.25, 0.3) is 0 Å². The first kappa shape index (κ1) is 11.4. The van der Waals surface area contributed by atoms with Crippen molar-refractivity contribution in [3.63, 3.8) is 0 Å². The molecule has 2 heterocycles. The zero-order chi connectivity index (χ0) is 11.4. The van der Waals surface area contributed by atoms with E-state index in [2.05, 4.69) is 34.1 Å². The van der Waals surface area contributed by atoms with Gasteiger partial charge in [0.05, 0.1) is 24.6 Å². The number of hydrogen-bond donors (Lipinski definition) is 1. The van der Waals surface area contributed by atoms with Crippen LogP contribution in [0.3, 0.4) is 0 Å².